The number of pyridine rings is 1. The van der Waals surface area contributed by atoms with Crippen LogP contribution in [-0.4, -0.2) is 4.98 Å². The lowest BCUT2D eigenvalue weighted by Crippen LogP contribution is -1.97. The predicted molar refractivity (Wildman–Crippen MR) is 82.2 cm³/mol. The van der Waals surface area contributed by atoms with E-state index in [0.29, 0.717) is 28.6 Å². The number of hydrogen-bond acceptors (Lipinski definition) is 3. The molecule has 0 spiro atoms. The van der Waals surface area contributed by atoms with Gasteiger partial charge in [-0.3, -0.25) is 0 Å². The molecule has 0 aliphatic rings. The van der Waals surface area contributed by atoms with Gasteiger partial charge in [0.15, 0.2) is 0 Å². The average molecular weight is 295 g/mol. The molecule has 102 valence electrons. The van der Waals surface area contributed by atoms with E-state index >= 15 is 0 Å². The fraction of sp³-hybridized carbons (Fsp3) is 0.0588. The molecule has 3 aromatic rings. The molecule has 0 aliphatic heterocycles. The zero-order chi connectivity index (χ0) is 14.7. The van der Waals surface area contributed by atoms with Crippen LogP contribution in [0, 0.1) is 11.3 Å². The maximum absolute atomic E-state index is 9.08. The number of halogens is 1. The van der Waals surface area contributed by atoms with Gasteiger partial charge in [-0.05, 0) is 23.8 Å². The van der Waals surface area contributed by atoms with Gasteiger partial charge in [-0.2, -0.15) is 5.26 Å². The maximum atomic E-state index is 9.08. The second-order valence-corrected chi connectivity index (χ2v) is 4.99. The topological polar surface area (TPSA) is 45.9 Å². The molecule has 0 N–H and O–H groups in total. The van der Waals surface area contributed by atoms with Crippen molar-refractivity contribution in [3.05, 3.63) is 70.9 Å². The van der Waals surface area contributed by atoms with Gasteiger partial charge in [-0.1, -0.05) is 41.9 Å². The maximum Gasteiger partial charge on any atom is 0.144 e. The molecule has 3 rings (SSSR count). The van der Waals surface area contributed by atoms with Crippen molar-refractivity contribution in [2.24, 2.45) is 0 Å². The minimum Gasteiger partial charge on any atom is -0.488 e. The van der Waals surface area contributed by atoms with E-state index in [4.69, 9.17) is 21.6 Å². The van der Waals surface area contributed by atoms with Crippen molar-refractivity contribution in [2.75, 3.05) is 0 Å². The highest BCUT2D eigenvalue weighted by Gasteiger charge is 2.08. The number of ether oxygens (including phenoxy) is 1. The van der Waals surface area contributed by atoms with E-state index in [9.17, 15) is 0 Å². The summed E-state index contributed by atoms with van der Waals surface area (Å²) >= 11 is 5.98. The molecule has 1 aromatic heterocycles. The number of hydrogen-bond donors (Lipinski definition) is 0. The van der Waals surface area contributed by atoms with E-state index in [0.717, 1.165) is 10.9 Å². The molecule has 0 amide bonds. The highest BCUT2D eigenvalue weighted by atomic mass is 35.5. The molecule has 0 fully saturated rings. The summed E-state index contributed by atoms with van der Waals surface area (Å²) in [6, 6.07) is 18.9. The number of nitriles is 1. The Balaban J connectivity index is 1.99. The van der Waals surface area contributed by atoms with Gasteiger partial charge in [0.25, 0.3) is 0 Å². The van der Waals surface area contributed by atoms with Crippen LogP contribution >= 0.6 is 11.6 Å². The molecule has 0 atom stereocenters. The van der Waals surface area contributed by atoms with Crippen molar-refractivity contribution in [2.45, 2.75) is 6.61 Å². The summed E-state index contributed by atoms with van der Waals surface area (Å²) < 4.78 is 5.85. The minimum atomic E-state index is 0.313. The largest absolute Gasteiger partial charge is 0.488 e. The zero-order valence-corrected chi connectivity index (χ0v) is 11.8. The summed E-state index contributed by atoms with van der Waals surface area (Å²) in [5.41, 5.74) is 2.03. The van der Waals surface area contributed by atoms with Crippen LogP contribution in [0.5, 0.6) is 5.75 Å². The minimum absolute atomic E-state index is 0.313. The van der Waals surface area contributed by atoms with E-state index in [-0.39, 0.29) is 0 Å². The van der Waals surface area contributed by atoms with Crippen LogP contribution in [0.2, 0.25) is 5.02 Å². The molecular weight excluding hydrogens is 284 g/mol. The fourth-order valence-electron chi connectivity index (χ4n) is 2.08. The molecule has 0 unspecified atom stereocenters. The van der Waals surface area contributed by atoms with Gasteiger partial charge < -0.3 is 4.74 Å². The van der Waals surface area contributed by atoms with E-state index < -0.39 is 0 Å². The number of benzene rings is 2. The van der Waals surface area contributed by atoms with Crippen molar-refractivity contribution >= 4 is 22.5 Å². The third kappa shape index (κ3) is 2.96. The molecule has 0 radical (unpaired) electrons. The van der Waals surface area contributed by atoms with Crippen LogP contribution in [0.3, 0.4) is 0 Å². The number of aromatic nitrogens is 1. The van der Waals surface area contributed by atoms with Crippen molar-refractivity contribution in [1.29, 1.82) is 5.26 Å². The molecule has 0 saturated carbocycles. The Bertz CT molecular complexity index is 825. The fourth-order valence-corrected chi connectivity index (χ4v) is 2.25. The highest BCUT2D eigenvalue weighted by Crippen LogP contribution is 2.28. The monoisotopic (exact) mass is 294 g/mol. The quantitative estimate of drug-likeness (QED) is 0.722. The van der Waals surface area contributed by atoms with Gasteiger partial charge in [0.1, 0.15) is 24.1 Å². The highest BCUT2D eigenvalue weighted by molar-refractivity contribution is 6.31. The second kappa shape index (κ2) is 5.82. The Kier molecular flexibility index (Phi) is 3.72. The smallest absolute Gasteiger partial charge is 0.144 e. The standard InChI is InChI=1S/C17H11ClN2O/c18-13-6-7-15-16(8-13)20-14(10-19)9-17(15)21-11-12-4-2-1-3-5-12/h1-9H,11H2. The van der Waals surface area contributed by atoms with Gasteiger partial charge >= 0.3 is 0 Å². The number of fused-ring (bicyclic) bond motifs is 1. The summed E-state index contributed by atoms with van der Waals surface area (Å²) in [7, 11) is 0. The third-order valence-electron chi connectivity index (χ3n) is 3.09. The normalized spacial score (nSPS) is 10.3. The van der Waals surface area contributed by atoms with Gasteiger partial charge in [0.2, 0.25) is 0 Å². The molecule has 0 saturated heterocycles. The summed E-state index contributed by atoms with van der Waals surface area (Å²) in [5, 5.41) is 10.5. The molecule has 21 heavy (non-hydrogen) atoms. The zero-order valence-electron chi connectivity index (χ0n) is 11.1. The van der Waals surface area contributed by atoms with E-state index in [1.807, 2.05) is 42.5 Å². The Morgan fingerprint density at radius 3 is 2.67 bits per heavy atom. The Morgan fingerprint density at radius 2 is 1.90 bits per heavy atom. The SMILES string of the molecule is N#Cc1cc(OCc2ccccc2)c2ccc(Cl)cc2n1. The van der Waals surface area contributed by atoms with Gasteiger partial charge in [-0.15, -0.1) is 0 Å². The van der Waals surface area contributed by atoms with Crippen molar-refractivity contribution < 1.29 is 4.74 Å². The van der Waals surface area contributed by atoms with Gasteiger partial charge in [0.05, 0.1) is 5.52 Å². The van der Waals surface area contributed by atoms with E-state index in [1.165, 1.54) is 0 Å². The summed E-state index contributed by atoms with van der Waals surface area (Å²) in [4.78, 5) is 4.24. The first-order chi connectivity index (χ1) is 10.3. The first-order valence-electron chi connectivity index (χ1n) is 6.43. The Hall–Kier alpha value is -2.57. The Morgan fingerprint density at radius 1 is 1.10 bits per heavy atom. The van der Waals surface area contributed by atoms with Gasteiger partial charge in [0, 0.05) is 16.5 Å². The van der Waals surface area contributed by atoms with E-state index in [1.54, 1.807) is 18.2 Å². The number of rotatable bonds is 3. The first kappa shape index (κ1) is 13.4. The van der Waals surface area contributed by atoms with E-state index in [2.05, 4.69) is 4.98 Å². The lowest BCUT2D eigenvalue weighted by molar-refractivity contribution is 0.310. The molecule has 2 aromatic carbocycles. The van der Waals surface area contributed by atoms with Crippen molar-refractivity contribution in [3.63, 3.8) is 0 Å². The lowest BCUT2D eigenvalue weighted by Gasteiger charge is -2.10. The second-order valence-electron chi connectivity index (χ2n) is 4.55. The van der Waals surface area contributed by atoms with Crippen LogP contribution in [0.25, 0.3) is 10.9 Å². The lowest BCUT2D eigenvalue weighted by atomic mass is 10.2. The van der Waals surface area contributed by atoms with Crippen LogP contribution in [0.4, 0.5) is 0 Å². The third-order valence-corrected chi connectivity index (χ3v) is 3.32. The average Bonchev–Trinajstić information content (AvgIpc) is 2.52. The summed E-state index contributed by atoms with van der Waals surface area (Å²) in [6.45, 7) is 0.438. The predicted octanol–water partition coefficient (Wildman–Crippen LogP) is 4.34. The molecular formula is C17H11ClN2O. The van der Waals surface area contributed by atoms with Crippen LogP contribution < -0.4 is 4.74 Å². The van der Waals surface area contributed by atoms with Crippen LogP contribution in [0.15, 0.2) is 54.6 Å². The van der Waals surface area contributed by atoms with Crippen LogP contribution in [0.1, 0.15) is 11.3 Å². The molecule has 0 aliphatic carbocycles. The molecule has 4 heteroatoms. The molecule has 1 heterocycles. The number of nitrogens with zero attached hydrogens (tertiary/aromatic N) is 2. The van der Waals surface area contributed by atoms with Crippen molar-refractivity contribution in [3.8, 4) is 11.8 Å². The summed E-state index contributed by atoms with van der Waals surface area (Å²) in [6.07, 6.45) is 0. The molecule has 0 bridgehead atoms. The molecule has 3 nitrogen and oxygen atoms in total. The van der Waals surface area contributed by atoms with Crippen molar-refractivity contribution in [1.82, 2.24) is 4.98 Å². The Labute approximate surface area is 127 Å². The first-order valence-corrected chi connectivity index (χ1v) is 6.81. The summed E-state index contributed by atoms with van der Waals surface area (Å²) in [5.74, 6) is 0.636. The van der Waals surface area contributed by atoms with Crippen LogP contribution in [-0.2, 0) is 6.61 Å². The van der Waals surface area contributed by atoms with Gasteiger partial charge in [-0.25, -0.2) is 4.98 Å².